The summed E-state index contributed by atoms with van der Waals surface area (Å²) in [5.74, 6) is 1.53. The zero-order valence-electron chi connectivity index (χ0n) is 16.4. The maximum Gasteiger partial charge on any atom is 0.191 e. The molecule has 1 aliphatic heterocycles. The maximum absolute atomic E-state index is 13.0. The molecule has 6 heteroatoms. The molecule has 0 spiro atoms. The number of nitrogens with zero attached hydrogens (tertiary/aromatic N) is 2. The second-order valence-electron chi connectivity index (χ2n) is 7.60. The molecule has 0 bridgehead atoms. The number of hydrogen-bond donors (Lipinski definition) is 2. The van der Waals surface area contributed by atoms with Gasteiger partial charge in [0.2, 0.25) is 0 Å². The van der Waals surface area contributed by atoms with Crippen molar-refractivity contribution >= 4 is 5.96 Å². The molecule has 2 fully saturated rings. The van der Waals surface area contributed by atoms with Crippen LogP contribution in [0.15, 0.2) is 29.3 Å². The summed E-state index contributed by atoms with van der Waals surface area (Å²) in [6, 6.07) is 7.27. The number of nitrogens with one attached hydrogen (secondary N) is 2. The Bertz CT molecular complexity index is 580. The summed E-state index contributed by atoms with van der Waals surface area (Å²) in [5.41, 5.74) is 1.17. The molecule has 0 atom stereocenters. The molecule has 1 heterocycles. The van der Waals surface area contributed by atoms with E-state index in [1.165, 1.54) is 30.5 Å². The van der Waals surface area contributed by atoms with E-state index in [4.69, 9.17) is 4.74 Å². The molecule has 1 aliphatic carbocycles. The van der Waals surface area contributed by atoms with Crippen LogP contribution in [0, 0.1) is 11.7 Å². The van der Waals surface area contributed by atoms with E-state index in [0.717, 1.165) is 57.5 Å². The minimum Gasteiger partial charge on any atom is -0.379 e. The van der Waals surface area contributed by atoms with Crippen molar-refractivity contribution in [3.8, 4) is 0 Å². The Balaban J connectivity index is 1.36. The summed E-state index contributed by atoms with van der Waals surface area (Å²) in [5, 5.41) is 6.90. The van der Waals surface area contributed by atoms with Gasteiger partial charge in [0, 0.05) is 38.8 Å². The van der Waals surface area contributed by atoms with Crippen LogP contribution in [-0.2, 0) is 11.3 Å². The fraction of sp³-hybridized carbons (Fsp3) is 0.667. The van der Waals surface area contributed by atoms with Gasteiger partial charge in [0.15, 0.2) is 5.96 Å². The zero-order chi connectivity index (χ0) is 18.9. The quantitative estimate of drug-likeness (QED) is 0.395. The highest BCUT2D eigenvalue weighted by molar-refractivity contribution is 5.80. The number of ether oxygens (including phenoxy) is 1. The van der Waals surface area contributed by atoms with Crippen molar-refractivity contribution in [2.24, 2.45) is 10.9 Å². The number of aliphatic imine (C=N–C) groups is 1. The van der Waals surface area contributed by atoms with Crippen LogP contribution in [0.1, 0.15) is 38.2 Å². The molecule has 1 saturated carbocycles. The van der Waals surface area contributed by atoms with Crippen LogP contribution in [0.25, 0.3) is 0 Å². The number of piperidine rings is 1. The minimum atomic E-state index is -0.171. The smallest absolute Gasteiger partial charge is 0.191 e. The molecule has 2 N–H and O–H groups in total. The fourth-order valence-electron chi connectivity index (χ4n) is 3.35. The molecular weight excluding hydrogens is 343 g/mol. The normalized spacial score (nSPS) is 19.3. The summed E-state index contributed by atoms with van der Waals surface area (Å²) in [4.78, 5) is 7.07. The lowest BCUT2D eigenvalue weighted by Crippen LogP contribution is -2.48. The summed E-state index contributed by atoms with van der Waals surface area (Å²) < 4.78 is 18.7. The van der Waals surface area contributed by atoms with Crippen LogP contribution in [0.4, 0.5) is 4.39 Å². The van der Waals surface area contributed by atoms with Crippen molar-refractivity contribution in [3.63, 3.8) is 0 Å². The molecule has 2 aliphatic rings. The van der Waals surface area contributed by atoms with Crippen LogP contribution < -0.4 is 10.6 Å². The zero-order valence-corrected chi connectivity index (χ0v) is 16.4. The highest BCUT2D eigenvalue weighted by atomic mass is 19.1. The molecule has 0 radical (unpaired) electrons. The molecule has 0 amide bonds. The summed E-state index contributed by atoms with van der Waals surface area (Å²) in [7, 11) is 0. The molecule has 150 valence electrons. The fourth-order valence-corrected chi connectivity index (χ4v) is 3.35. The third-order valence-electron chi connectivity index (χ3n) is 5.15. The monoisotopic (exact) mass is 376 g/mol. The number of halogens is 1. The Morgan fingerprint density at radius 2 is 1.93 bits per heavy atom. The number of likely N-dealkylation sites (tertiary alicyclic amines) is 1. The first-order chi connectivity index (χ1) is 13.2. The van der Waals surface area contributed by atoms with Crippen LogP contribution in [-0.4, -0.2) is 56.3 Å². The SMILES string of the molecule is CCNC(=NCCOCC1CC1)NC1CCN(Cc2ccc(F)cc2)CC1. The standard InChI is InChI=1S/C21H33FN4O/c1-2-23-21(24-11-14-27-16-18-3-4-18)25-20-9-12-26(13-10-20)15-17-5-7-19(22)8-6-17/h5-8,18,20H,2-4,9-16H2,1H3,(H2,23,24,25). The summed E-state index contributed by atoms with van der Waals surface area (Å²) in [6.07, 6.45) is 4.83. The van der Waals surface area contributed by atoms with Crippen molar-refractivity contribution < 1.29 is 9.13 Å². The predicted octanol–water partition coefficient (Wildman–Crippen LogP) is 2.77. The van der Waals surface area contributed by atoms with Crippen molar-refractivity contribution in [3.05, 3.63) is 35.6 Å². The van der Waals surface area contributed by atoms with Gasteiger partial charge in [-0.25, -0.2) is 4.39 Å². The van der Waals surface area contributed by atoms with Crippen molar-refractivity contribution in [2.45, 2.75) is 45.2 Å². The van der Waals surface area contributed by atoms with Crippen LogP contribution in [0.5, 0.6) is 0 Å². The highest BCUT2D eigenvalue weighted by Gasteiger charge is 2.21. The first kappa shape index (κ1) is 20.1. The first-order valence-corrected chi connectivity index (χ1v) is 10.3. The number of rotatable bonds is 9. The van der Waals surface area contributed by atoms with E-state index in [9.17, 15) is 4.39 Å². The van der Waals surface area contributed by atoms with E-state index in [1.807, 2.05) is 12.1 Å². The number of guanidine groups is 1. The lowest BCUT2D eigenvalue weighted by molar-refractivity contribution is 0.131. The van der Waals surface area contributed by atoms with Crippen LogP contribution in [0.2, 0.25) is 0 Å². The van der Waals surface area contributed by atoms with Gasteiger partial charge in [0.25, 0.3) is 0 Å². The highest BCUT2D eigenvalue weighted by Crippen LogP contribution is 2.28. The van der Waals surface area contributed by atoms with E-state index in [0.29, 0.717) is 19.2 Å². The number of hydrogen-bond acceptors (Lipinski definition) is 3. The van der Waals surface area contributed by atoms with Gasteiger partial charge in [0.05, 0.1) is 13.2 Å². The van der Waals surface area contributed by atoms with E-state index in [-0.39, 0.29) is 5.82 Å². The minimum absolute atomic E-state index is 0.171. The van der Waals surface area contributed by atoms with E-state index in [1.54, 1.807) is 0 Å². The van der Waals surface area contributed by atoms with Gasteiger partial charge in [-0.1, -0.05) is 12.1 Å². The molecule has 0 aromatic heterocycles. The Labute approximate surface area is 162 Å². The molecule has 1 aromatic carbocycles. The van der Waals surface area contributed by atoms with Gasteiger partial charge in [0.1, 0.15) is 5.82 Å². The van der Waals surface area contributed by atoms with Crippen molar-refractivity contribution in [1.82, 2.24) is 15.5 Å². The average Bonchev–Trinajstić information content (AvgIpc) is 3.49. The third-order valence-corrected chi connectivity index (χ3v) is 5.15. The predicted molar refractivity (Wildman–Crippen MR) is 107 cm³/mol. The first-order valence-electron chi connectivity index (χ1n) is 10.3. The van der Waals surface area contributed by atoms with E-state index < -0.39 is 0 Å². The van der Waals surface area contributed by atoms with Gasteiger partial charge in [-0.2, -0.15) is 0 Å². The Kier molecular flexibility index (Phi) is 7.90. The number of benzene rings is 1. The van der Waals surface area contributed by atoms with Gasteiger partial charge < -0.3 is 15.4 Å². The molecule has 5 nitrogen and oxygen atoms in total. The van der Waals surface area contributed by atoms with Gasteiger partial charge in [-0.05, 0) is 56.2 Å². The van der Waals surface area contributed by atoms with Crippen LogP contribution in [0.3, 0.4) is 0 Å². The lowest BCUT2D eigenvalue weighted by Gasteiger charge is -2.33. The Hall–Kier alpha value is -1.66. The largest absolute Gasteiger partial charge is 0.379 e. The van der Waals surface area contributed by atoms with Gasteiger partial charge in [-0.3, -0.25) is 9.89 Å². The van der Waals surface area contributed by atoms with E-state index >= 15 is 0 Å². The Morgan fingerprint density at radius 1 is 1.19 bits per heavy atom. The molecule has 1 aromatic rings. The molecule has 0 unspecified atom stereocenters. The lowest BCUT2D eigenvalue weighted by atomic mass is 10.0. The maximum atomic E-state index is 13.0. The van der Waals surface area contributed by atoms with Crippen molar-refractivity contribution in [2.75, 3.05) is 39.4 Å². The summed E-state index contributed by atoms with van der Waals surface area (Å²) in [6.45, 7) is 8.21. The topological polar surface area (TPSA) is 48.9 Å². The second-order valence-corrected chi connectivity index (χ2v) is 7.60. The summed E-state index contributed by atoms with van der Waals surface area (Å²) >= 11 is 0. The second kappa shape index (κ2) is 10.6. The Morgan fingerprint density at radius 3 is 2.59 bits per heavy atom. The average molecular weight is 377 g/mol. The molecule has 3 rings (SSSR count). The van der Waals surface area contributed by atoms with Gasteiger partial charge >= 0.3 is 0 Å². The molecule has 1 saturated heterocycles. The van der Waals surface area contributed by atoms with E-state index in [2.05, 4.69) is 27.4 Å². The van der Waals surface area contributed by atoms with Crippen LogP contribution >= 0.6 is 0 Å². The molecular formula is C21H33FN4O. The van der Waals surface area contributed by atoms with Crippen molar-refractivity contribution in [1.29, 1.82) is 0 Å². The van der Waals surface area contributed by atoms with Gasteiger partial charge in [-0.15, -0.1) is 0 Å². The third kappa shape index (κ3) is 7.46. The molecule has 27 heavy (non-hydrogen) atoms.